The summed E-state index contributed by atoms with van der Waals surface area (Å²) >= 11 is 1.22. The molecular weight excluding hydrogens is 282 g/mol. The van der Waals surface area contributed by atoms with Gasteiger partial charge >= 0.3 is 5.97 Å². The number of carbonyl (C=O) groups excluding carboxylic acids is 1. The SMILES string of the molecule is COC1CNC(C(=O)NC(C)c2nc(C(=O)O)cs2)C1. The minimum atomic E-state index is -1.06. The molecule has 0 aliphatic carbocycles. The number of thiazole rings is 1. The summed E-state index contributed by atoms with van der Waals surface area (Å²) in [5, 5.41) is 16.8. The van der Waals surface area contributed by atoms with Crippen molar-refractivity contribution in [3.05, 3.63) is 16.1 Å². The number of carboxylic acid groups (broad SMARTS) is 1. The second-order valence-electron chi connectivity index (χ2n) is 4.66. The van der Waals surface area contributed by atoms with Gasteiger partial charge in [-0.2, -0.15) is 0 Å². The van der Waals surface area contributed by atoms with E-state index >= 15 is 0 Å². The topological polar surface area (TPSA) is 101 Å². The molecule has 2 rings (SSSR count). The zero-order valence-electron chi connectivity index (χ0n) is 11.3. The standard InChI is InChI=1S/C12H17N3O4S/c1-6(11-15-9(5-20-11)12(17)18)14-10(16)8-3-7(19-2)4-13-8/h5-8,13H,3-4H2,1-2H3,(H,14,16)(H,17,18). The molecule has 1 aromatic rings. The van der Waals surface area contributed by atoms with Gasteiger partial charge in [0.2, 0.25) is 5.91 Å². The fourth-order valence-corrected chi connectivity index (χ4v) is 2.84. The molecule has 110 valence electrons. The highest BCUT2D eigenvalue weighted by atomic mass is 32.1. The van der Waals surface area contributed by atoms with Crippen molar-refractivity contribution in [2.24, 2.45) is 0 Å². The molecule has 1 aliphatic heterocycles. The van der Waals surface area contributed by atoms with E-state index in [9.17, 15) is 9.59 Å². The van der Waals surface area contributed by atoms with E-state index < -0.39 is 5.97 Å². The van der Waals surface area contributed by atoms with Crippen LogP contribution in [-0.4, -0.2) is 47.8 Å². The number of nitrogens with zero attached hydrogens (tertiary/aromatic N) is 1. The maximum atomic E-state index is 12.1. The van der Waals surface area contributed by atoms with Crippen LogP contribution in [0.15, 0.2) is 5.38 Å². The zero-order chi connectivity index (χ0) is 14.7. The quantitative estimate of drug-likeness (QED) is 0.727. The Morgan fingerprint density at radius 1 is 1.65 bits per heavy atom. The molecule has 0 spiro atoms. The predicted octanol–water partition coefficient (Wildman–Crippen LogP) is 0.395. The molecule has 20 heavy (non-hydrogen) atoms. The van der Waals surface area contributed by atoms with Crippen molar-refractivity contribution in [3.8, 4) is 0 Å². The van der Waals surface area contributed by atoms with Gasteiger partial charge in [0, 0.05) is 19.0 Å². The van der Waals surface area contributed by atoms with E-state index in [2.05, 4.69) is 15.6 Å². The van der Waals surface area contributed by atoms with Crippen LogP contribution in [0.3, 0.4) is 0 Å². The smallest absolute Gasteiger partial charge is 0.355 e. The molecule has 0 radical (unpaired) electrons. The molecule has 3 unspecified atom stereocenters. The Morgan fingerprint density at radius 2 is 2.40 bits per heavy atom. The fraction of sp³-hybridized carbons (Fsp3) is 0.583. The third-order valence-corrected chi connectivity index (χ3v) is 4.24. The van der Waals surface area contributed by atoms with Crippen molar-refractivity contribution in [1.82, 2.24) is 15.6 Å². The lowest BCUT2D eigenvalue weighted by Gasteiger charge is -2.15. The Bertz CT molecular complexity index is 505. The minimum Gasteiger partial charge on any atom is -0.476 e. The molecular formula is C12H17N3O4S. The number of aromatic nitrogens is 1. The number of methoxy groups -OCH3 is 1. The summed E-state index contributed by atoms with van der Waals surface area (Å²) in [6.07, 6.45) is 0.687. The third-order valence-electron chi connectivity index (χ3n) is 3.21. The number of amides is 1. The van der Waals surface area contributed by atoms with Crippen molar-refractivity contribution in [1.29, 1.82) is 0 Å². The fourth-order valence-electron chi connectivity index (χ4n) is 2.04. The Hall–Kier alpha value is -1.51. The van der Waals surface area contributed by atoms with Gasteiger partial charge in [0.05, 0.1) is 18.2 Å². The van der Waals surface area contributed by atoms with Crippen LogP contribution in [0.4, 0.5) is 0 Å². The lowest BCUT2D eigenvalue weighted by atomic mass is 10.2. The number of hydrogen-bond donors (Lipinski definition) is 3. The second kappa shape index (κ2) is 6.29. The number of aromatic carboxylic acids is 1. The van der Waals surface area contributed by atoms with Gasteiger partial charge < -0.3 is 20.5 Å². The normalized spacial score (nSPS) is 23.5. The molecule has 1 aromatic heterocycles. The summed E-state index contributed by atoms with van der Waals surface area (Å²) in [5.41, 5.74) is 0.00420. The van der Waals surface area contributed by atoms with Crippen molar-refractivity contribution in [2.75, 3.05) is 13.7 Å². The highest BCUT2D eigenvalue weighted by molar-refractivity contribution is 7.09. The van der Waals surface area contributed by atoms with Crippen LogP contribution >= 0.6 is 11.3 Å². The molecule has 8 heteroatoms. The summed E-state index contributed by atoms with van der Waals surface area (Å²) < 4.78 is 5.19. The summed E-state index contributed by atoms with van der Waals surface area (Å²) in [7, 11) is 1.62. The third kappa shape index (κ3) is 3.33. The van der Waals surface area contributed by atoms with Gasteiger partial charge in [-0.3, -0.25) is 4.79 Å². The van der Waals surface area contributed by atoms with E-state index in [1.165, 1.54) is 16.7 Å². The number of hydrogen-bond acceptors (Lipinski definition) is 6. The van der Waals surface area contributed by atoms with Gasteiger partial charge in [0.15, 0.2) is 5.69 Å². The van der Waals surface area contributed by atoms with Crippen LogP contribution in [0.5, 0.6) is 0 Å². The summed E-state index contributed by atoms with van der Waals surface area (Å²) in [4.78, 5) is 26.8. The van der Waals surface area contributed by atoms with Gasteiger partial charge in [-0.25, -0.2) is 9.78 Å². The van der Waals surface area contributed by atoms with Gasteiger partial charge in [0.1, 0.15) is 5.01 Å². The first-order valence-electron chi connectivity index (χ1n) is 6.26. The van der Waals surface area contributed by atoms with Gasteiger partial charge in [-0.05, 0) is 13.3 Å². The van der Waals surface area contributed by atoms with Crippen LogP contribution < -0.4 is 10.6 Å². The Labute approximate surface area is 120 Å². The van der Waals surface area contributed by atoms with E-state index in [0.29, 0.717) is 18.0 Å². The number of nitrogens with one attached hydrogen (secondary N) is 2. The largest absolute Gasteiger partial charge is 0.476 e. The average molecular weight is 299 g/mol. The molecule has 0 bridgehead atoms. The predicted molar refractivity (Wildman–Crippen MR) is 72.8 cm³/mol. The second-order valence-corrected chi connectivity index (χ2v) is 5.55. The Kier molecular flexibility index (Phi) is 4.69. The molecule has 1 amide bonds. The summed E-state index contributed by atoms with van der Waals surface area (Å²) in [6, 6.07) is -0.592. The lowest BCUT2D eigenvalue weighted by molar-refractivity contribution is -0.123. The minimum absolute atomic E-state index is 0.00420. The highest BCUT2D eigenvalue weighted by Crippen LogP contribution is 2.19. The Balaban J connectivity index is 1.92. The zero-order valence-corrected chi connectivity index (χ0v) is 12.1. The van der Waals surface area contributed by atoms with Crippen LogP contribution in [0.2, 0.25) is 0 Å². The van der Waals surface area contributed by atoms with Crippen molar-refractivity contribution in [2.45, 2.75) is 31.5 Å². The molecule has 7 nitrogen and oxygen atoms in total. The molecule has 3 atom stereocenters. The number of rotatable bonds is 5. The van der Waals surface area contributed by atoms with E-state index in [0.717, 1.165) is 0 Å². The van der Waals surface area contributed by atoms with Crippen molar-refractivity contribution >= 4 is 23.2 Å². The van der Waals surface area contributed by atoms with Gasteiger partial charge in [-0.15, -0.1) is 11.3 Å². The average Bonchev–Trinajstić information content (AvgIpc) is 3.07. The molecule has 1 aliphatic rings. The summed E-state index contributed by atoms with van der Waals surface area (Å²) in [6.45, 7) is 2.44. The van der Waals surface area contributed by atoms with Crippen LogP contribution in [0.25, 0.3) is 0 Å². The number of ether oxygens (including phenoxy) is 1. The molecule has 1 fully saturated rings. The molecule has 2 heterocycles. The summed E-state index contributed by atoms with van der Waals surface area (Å²) in [5.74, 6) is -1.18. The highest BCUT2D eigenvalue weighted by Gasteiger charge is 2.30. The van der Waals surface area contributed by atoms with Crippen LogP contribution in [0, 0.1) is 0 Å². The van der Waals surface area contributed by atoms with Crippen molar-refractivity contribution < 1.29 is 19.4 Å². The maximum Gasteiger partial charge on any atom is 0.355 e. The van der Waals surface area contributed by atoms with Crippen LogP contribution in [-0.2, 0) is 9.53 Å². The first-order valence-corrected chi connectivity index (χ1v) is 7.14. The van der Waals surface area contributed by atoms with Crippen LogP contribution in [0.1, 0.15) is 34.9 Å². The van der Waals surface area contributed by atoms with E-state index in [4.69, 9.17) is 9.84 Å². The van der Waals surface area contributed by atoms with Crippen molar-refractivity contribution in [3.63, 3.8) is 0 Å². The Morgan fingerprint density at radius 3 is 2.95 bits per heavy atom. The maximum absolute atomic E-state index is 12.1. The van der Waals surface area contributed by atoms with E-state index in [1.807, 2.05) is 0 Å². The molecule has 3 N–H and O–H groups in total. The first kappa shape index (κ1) is 14.9. The monoisotopic (exact) mass is 299 g/mol. The van der Waals surface area contributed by atoms with Gasteiger partial charge in [0.25, 0.3) is 0 Å². The lowest BCUT2D eigenvalue weighted by Crippen LogP contribution is -2.41. The molecule has 1 saturated heterocycles. The van der Waals surface area contributed by atoms with E-state index in [-0.39, 0.29) is 29.8 Å². The molecule has 0 saturated carbocycles. The van der Waals surface area contributed by atoms with E-state index in [1.54, 1.807) is 14.0 Å². The number of carboxylic acids is 1. The number of carbonyl (C=O) groups is 2. The van der Waals surface area contributed by atoms with Gasteiger partial charge in [-0.1, -0.05) is 0 Å². The molecule has 0 aromatic carbocycles. The first-order chi connectivity index (χ1) is 9.51.